The number of aliphatic hydroxyl groups excluding tert-OH is 1. The van der Waals surface area contributed by atoms with Gasteiger partial charge in [0.15, 0.2) is 0 Å². The Bertz CT molecular complexity index is 522. The monoisotopic (exact) mass is 278 g/mol. The summed E-state index contributed by atoms with van der Waals surface area (Å²) >= 11 is 0. The molecule has 4 nitrogen and oxygen atoms in total. The van der Waals surface area contributed by atoms with Gasteiger partial charge in [0.1, 0.15) is 5.82 Å². The molecule has 1 spiro atoms. The number of pyridine rings is 1. The van der Waals surface area contributed by atoms with Crippen LogP contribution in [0, 0.1) is 11.2 Å². The molecule has 108 valence electrons. The van der Waals surface area contributed by atoms with Crippen molar-refractivity contribution in [3.05, 3.63) is 29.8 Å². The van der Waals surface area contributed by atoms with Crippen LogP contribution in [0.4, 0.5) is 4.39 Å². The molecule has 1 saturated carbocycles. The van der Waals surface area contributed by atoms with Crippen LogP contribution >= 0.6 is 0 Å². The van der Waals surface area contributed by atoms with Crippen molar-refractivity contribution in [3.63, 3.8) is 0 Å². The Morgan fingerprint density at radius 2 is 2.20 bits per heavy atom. The zero-order chi connectivity index (χ0) is 14.2. The van der Waals surface area contributed by atoms with Gasteiger partial charge in [-0.1, -0.05) is 6.42 Å². The highest BCUT2D eigenvalue weighted by Crippen LogP contribution is 2.45. The number of carbonyl (C=O) groups excluding carboxylic acids is 1. The predicted octanol–water partition coefficient (Wildman–Crippen LogP) is 1.99. The number of likely N-dealkylation sites (tertiary alicyclic amines) is 1. The third kappa shape index (κ3) is 2.30. The van der Waals surface area contributed by atoms with E-state index in [0.717, 1.165) is 38.3 Å². The van der Waals surface area contributed by atoms with E-state index in [1.807, 2.05) is 0 Å². The van der Waals surface area contributed by atoms with Gasteiger partial charge in [0.2, 0.25) is 0 Å². The van der Waals surface area contributed by atoms with E-state index >= 15 is 0 Å². The molecule has 2 fully saturated rings. The second-order valence-electron chi connectivity index (χ2n) is 5.99. The summed E-state index contributed by atoms with van der Waals surface area (Å²) in [5.41, 5.74) is 0.142. The van der Waals surface area contributed by atoms with Crippen LogP contribution < -0.4 is 0 Å². The number of hydrogen-bond donors (Lipinski definition) is 1. The number of aliphatic hydroxyl groups is 1. The Kier molecular flexibility index (Phi) is 3.46. The van der Waals surface area contributed by atoms with Crippen LogP contribution in [-0.4, -0.2) is 40.1 Å². The fourth-order valence-corrected chi connectivity index (χ4v) is 3.64. The maximum Gasteiger partial charge on any atom is 0.255 e. The lowest BCUT2D eigenvalue weighted by atomic mass is 9.76. The van der Waals surface area contributed by atoms with Gasteiger partial charge < -0.3 is 10.0 Å². The number of nitrogens with zero attached hydrogens (tertiary/aromatic N) is 2. The van der Waals surface area contributed by atoms with E-state index in [0.29, 0.717) is 13.1 Å². The van der Waals surface area contributed by atoms with E-state index in [1.54, 1.807) is 4.90 Å². The average molecular weight is 278 g/mol. The Labute approximate surface area is 117 Å². The van der Waals surface area contributed by atoms with Crippen LogP contribution in [0.1, 0.15) is 42.5 Å². The molecule has 0 aromatic carbocycles. The molecule has 1 saturated heterocycles. The topological polar surface area (TPSA) is 53.4 Å². The molecule has 2 aliphatic rings. The molecule has 1 aromatic heterocycles. The van der Waals surface area contributed by atoms with Crippen molar-refractivity contribution in [3.8, 4) is 0 Å². The average Bonchev–Trinajstić information content (AvgIpc) is 2.79. The third-order valence-corrected chi connectivity index (χ3v) is 4.71. The highest BCUT2D eigenvalue weighted by molar-refractivity contribution is 5.94. The van der Waals surface area contributed by atoms with Crippen molar-refractivity contribution in [2.45, 2.75) is 38.2 Å². The Morgan fingerprint density at radius 3 is 2.90 bits per heavy atom. The van der Waals surface area contributed by atoms with Crippen molar-refractivity contribution < 1.29 is 14.3 Å². The molecule has 1 aliphatic carbocycles. The molecule has 3 rings (SSSR count). The quantitative estimate of drug-likeness (QED) is 0.854. The molecule has 5 heteroatoms. The number of rotatable bonds is 1. The molecule has 2 atom stereocenters. The van der Waals surface area contributed by atoms with E-state index in [4.69, 9.17) is 0 Å². The highest BCUT2D eigenvalue weighted by atomic mass is 19.1. The van der Waals surface area contributed by atoms with Gasteiger partial charge >= 0.3 is 0 Å². The molecular weight excluding hydrogens is 259 g/mol. The Hall–Kier alpha value is -1.49. The van der Waals surface area contributed by atoms with Crippen molar-refractivity contribution in [2.75, 3.05) is 13.1 Å². The molecule has 1 N–H and O–H groups in total. The van der Waals surface area contributed by atoms with Crippen molar-refractivity contribution in [2.24, 2.45) is 5.41 Å². The molecule has 1 amide bonds. The first-order valence-corrected chi connectivity index (χ1v) is 7.19. The van der Waals surface area contributed by atoms with E-state index in [-0.39, 0.29) is 23.0 Å². The lowest BCUT2D eigenvalue weighted by Gasteiger charge is -2.42. The number of aromatic nitrogens is 1. The zero-order valence-corrected chi connectivity index (χ0v) is 11.4. The lowest BCUT2D eigenvalue weighted by molar-refractivity contribution is -0.00538. The second-order valence-corrected chi connectivity index (χ2v) is 5.99. The number of carbonyl (C=O) groups is 1. The third-order valence-electron chi connectivity index (χ3n) is 4.71. The van der Waals surface area contributed by atoms with E-state index in [1.165, 1.54) is 12.3 Å². The van der Waals surface area contributed by atoms with Crippen molar-refractivity contribution in [1.29, 1.82) is 0 Å². The summed E-state index contributed by atoms with van der Waals surface area (Å²) in [5, 5.41) is 10.2. The van der Waals surface area contributed by atoms with Gasteiger partial charge in [-0.05, 0) is 31.7 Å². The fraction of sp³-hybridized carbons (Fsp3) is 0.600. The summed E-state index contributed by atoms with van der Waals surface area (Å²) in [6, 6.07) is 1.22. The van der Waals surface area contributed by atoms with Gasteiger partial charge in [0, 0.05) is 24.7 Å². The summed E-state index contributed by atoms with van der Waals surface area (Å²) < 4.78 is 13.2. The standard InChI is InChI=1S/C15H19FN2O2/c16-12-7-11(8-17-9-12)14(20)18-6-2-5-15(10-18)4-1-3-13(15)19/h7-9,13,19H,1-6,10H2/t13-,15-/m1/s1. The van der Waals surface area contributed by atoms with Crippen LogP contribution in [0.5, 0.6) is 0 Å². The SMILES string of the molecule is O=C(c1cncc(F)c1)N1CCC[C@]2(CCC[C@H]2O)C1. The van der Waals surface area contributed by atoms with Gasteiger partial charge in [-0.3, -0.25) is 9.78 Å². The van der Waals surface area contributed by atoms with E-state index in [2.05, 4.69) is 4.98 Å². The van der Waals surface area contributed by atoms with Crippen LogP contribution in [0.25, 0.3) is 0 Å². The maximum atomic E-state index is 13.2. The lowest BCUT2D eigenvalue weighted by Crippen LogP contribution is -2.49. The number of hydrogen-bond acceptors (Lipinski definition) is 3. The zero-order valence-electron chi connectivity index (χ0n) is 11.4. The van der Waals surface area contributed by atoms with Crippen LogP contribution in [-0.2, 0) is 0 Å². The molecule has 0 bridgehead atoms. The summed E-state index contributed by atoms with van der Waals surface area (Å²) in [6.07, 6.45) is 6.86. The molecule has 1 aliphatic heterocycles. The maximum absolute atomic E-state index is 13.2. The van der Waals surface area contributed by atoms with Crippen LogP contribution in [0.2, 0.25) is 0 Å². The molecule has 0 unspecified atom stereocenters. The first kappa shape index (κ1) is 13.5. The van der Waals surface area contributed by atoms with Gasteiger partial charge in [-0.2, -0.15) is 0 Å². The summed E-state index contributed by atoms with van der Waals surface area (Å²) in [5.74, 6) is -0.682. The first-order chi connectivity index (χ1) is 9.61. The van der Waals surface area contributed by atoms with Gasteiger partial charge in [0.05, 0.1) is 17.9 Å². The van der Waals surface area contributed by atoms with Crippen molar-refractivity contribution >= 4 is 5.91 Å². The summed E-state index contributed by atoms with van der Waals surface area (Å²) in [7, 11) is 0. The summed E-state index contributed by atoms with van der Waals surface area (Å²) in [6.45, 7) is 1.24. The molecule has 1 aromatic rings. The van der Waals surface area contributed by atoms with Crippen molar-refractivity contribution in [1.82, 2.24) is 9.88 Å². The molecular formula is C15H19FN2O2. The largest absolute Gasteiger partial charge is 0.392 e. The normalized spacial score (nSPS) is 29.9. The number of halogens is 1. The minimum atomic E-state index is -0.497. The second kappa shape index (κ2) is 5.13. The van der Waals surface area contributed by atoms with Gasteiger partial charge in [-0.15, -0.1) is 0 Å². The highest BCUT2D eigenvalue weighted by Gasteiger charge is 2.45. The smallest absolute Gasteiger partial charge is 0.255 e. The first-order valence-electron chi connectivity index (χ1n) is 7.19. The minimum absolute atomic E-state index is 0.144. The van der Waals surface area contributed by atoms with E-state index < -0.39 is 5.82 Å². The van der Waals surface area contributed by atoms with E-state index in [9.17, 15) is 14.3 Å². The summed E-state index contributed by atoms with van der Waals surface area (Å²) in [4.78, 5) is 17.9. The van der Waals surface area contributed by atoms with Gasteiger partial charge in [-0.25, -0.2) is 4.39 Å². The fourth-order valence-electron chi connectivity index (χ4n) is 3.64. The number of piperidine rings is 1. The molecule has 2 heterocycles. The van der Waals surface area contributed by atoms with Crippen LogP contribution in [0.3, 0.4) is 0 Å². The Balaban J connectivity index is 1.78. The minimum Gasteiger partial charge on any atom is -0.392 e. The van der Waals surface area contributed by atoms with Gasteiger partial charge in [0.25, 0.3) is 5.91 Å². The number of amides is 1. The predicted molar refractivity (Wildman–Crippen MR) is 71.6 cm³/mol. The van der Waals surface area contributed by atoms with Crippen LogP contribution in [0.15, 0.2) is 18.5 Å². The molecule has 20 heavy (non-hydrogen) atoms. The molecule has 0 radical (unpaired) electrons. The Morgan fingerprint density at radius 1 is 1.40 bits per heavy atom.